The Bertz CT molecular complexity index is 1090. The van der Waals surface area contributed by atoms with Gasteiger partial charge in [0.2, 0.25) is 0 Å². The van der Waals surface area contributed by atoms with Crippen molar-refractivity contribution in [2.75, 3.05) is 5.73 Å². The molecule has 0 amide bonds. The van der Waals surface area contributed by atoms with Gasteiger partial charge in [-0.05, 0) is 44.0 Å². The van der Waals surface area contributed by atoms with Gasteiger partial charge in [-0.2, -0.15) is 0 Å². The van der Waals surface area contributed by atoms with Crippen LogP contribution in [0.25, 0.3) is 32.9 Å². The lowest BCUT2D eigenvalue weighted by Crippen LogP contribution is -2.23. The first-order valence-electron chi connectivity index (χ1n) is 8.49. The third-order valence-electron chi connectivity index (χ3n) is 4.75. The molecule has 0 aliphatic heterocycles. The van der Waals surface area contributed by atoms with E-state index in [0.29, 0.717) is 5.82 Å². The molecular formula is C21H22N4. The molecule has 126 valence electrons. The Hall–Kier alpha value is -2.88. The summed E-state index contributed by atoms with van der Waals surface area (Å²) in [5.74, 6) is 0.527. The fourth-order valence-electron chi connectivity index (χ4n) is 3.84. The summed E-state index contributed by atoms with van der Waals surface area (Å²) >= 11 is 0. The molecule has 0 atom stereocenters. The number of hydrogen-bond donors (Lipinski definition) is 1. The topological polar surface area (TPSA) is 56.7 Å². The number of nitrogens with two attached hydrogens (primary N) is 1. The largest absolute Gasteiger partial charge is 0.383 e. The fraction of sp³-hybridized carbons (Fsp3) is 0.238. The Morgan fingerprint density at radius 3 is 2.44 bits per heavy atom. The molecule has 0 radical (unpaired) electrons. The number of hydrogen-bond acceptors (Lipinski definition) is 3. The second-order valence-corrected chi connectivity index (χ2v) is 7.45. The highest BCUT2D eigenvalue weighted by Crippen LogP contribution is 2.41. The van der Waals surface area contributed by atoms with Crippen LogP contribution in [-0.2, 0) is 5.54 Å². The second-order valence-electron chi connectivity index (χ2n) is 7.45. The van der Waals surface area contributed by atoms with Gasteiger partial charge in [0, 0.05) is 16.8 Å². The second kappa shape index (κ2) is 5.31. The van der Waals surface area contributed by atoms with Crippen molar-refractivity contribution in [1.82, 2.24) is 14.5 Å². The van der Waals surface area contributed by atoms with Crippen molar-refractivity contribution in [2.24, 2.45) is 0 Å². The van der Waals surface area contributed by atoms with Crippen LogP contribution in [0.1, 0.15) is 26.5 Å². The van der Waals surface area contributed by atoms with Gasteiger partial charge in [0.25, 0.3) is 0 Å². The van der Waals surface area contributed by atoms with Gasteiger partial charge >= 0.3 is 0 Å². The van der Waals surface area contributed by atoms with Gasteiger partial charge in [-0.15, -0.1) is 0 Å². The van der Waals surface area contributed by atoms with E-state index >= 15 is 0 Å². The Morgan fingerprint density at radius 1 is 0.960 bits per heavy atom. The van der Waals surface area contributed by atoms with E-state index in [1.807, 2.05) is 0 Å². The van der Waals surface area contributed by atoms with Gasteiger partial charge in [0.1, 0.15) is 17.8 Å². The third-order valence-corrected chi connectivity index (χ3v) is 4.75. The molecule has 4 heteroatoms. The molecule has 2 aromatic heterocycles. The van der Waals surface area contributed by atoms with Crippen LogP contribution in [0.4, 0.5) is 5.82 Å². The van der Waals surface area contributed by atoms with Crippen molar-refractivity contribution in [2.45, 2.75) is 33.2 Å². The third kappa shape index (κ3) is 2.29. The van der Waals surface area contributed by atoms with Crippen LogP contribution in [0.5, 0.6) is 0 Å². The predicted molar refractivity (Wildman–Crippen MR) is 105 cm³/mol. The summed E-state index contributed by atoms with van der Waals surface area (Å²) in [7, 11) is 0. The molecule has 4 aromatic rings. The van der Waals surface area contributed by atoms with Crippen LogP contribution in [0.2, 0.25) is 0 Å². The minimum Gasteiger partial charge on any atom is -0.383 e. The average Bonchev–Trinajstić information content (AvgIpc) is 2.87. The zero-order valence-electron chi connectivity index (χ0n) is 15.0. The summed E-state index contributed by atoms with van der Waals surface area (Å²) in [5.41, 5.74) is 10.5. The minimum absolute atomic E-state index is 0.105. The summed E-state index contributed by atoms with van der Waals surface area (Å²) < 4.78 is 2.26. The first kappa shape index (κ1) is 15.6. The Labute approximate surface area is 147 Å². The highest BCUT2D eigenvalue weighted by molar-refractivity contribution is 6.09. The van der Waals surface area contributed by atoms with Crippen LogP contribution in [-0.4, -0.2) is 14.5 Å². The van der Waals surface area contributed by atoms with E-state index < -0.39 is 0 Å². The molecule has 0 saturated carbocycles. The molecule has 0 unspecified atom stereocenters. The lowest BCUT2D eigenvalue weighted by atomic mass is 9.96. The first-order chi connectivity index (χ1) is 11.9. The van der Waals surface area contributed by atoms with E-state index in [4.69, 9.17) is 5.73 Å². The molecule has 4 nitrogen and oxygen atoms in total. The molecule has 0 aliphatic rings. The summed E-state index contributed by atoms with van der Waals surface area (Å²) in [5, 5.41) is 3.36. The number of nitrogen functional groups attached to an aromatic ring is 1. The van der Waals surface area contributed by atoms with E-state index in [2.05, 4.69) is 84.7 Å². The smallest absolute Gasteiger partial charge is 0.146 e. The van der Waals surface area contributed by atoms with E-state index in [-0.39, 0.29) is 5.54 Å². The summed E-state index contributed by atoms with van der Waals surface area (Å²) in [4.78, 5) is 8.83. The number of fused-ring (bicyclic) bond motifs is 2. The molecule has 25 heavy (non-hydrogen) atoms. The summed E-state index contributed by atoms with van der Waals surface area (Å²) in [6, 6.07) is 14.8. The van der Waals surface area contributed by atoms with Crippen molar-refractivity contribution in [1.29, 1.82) is 0 Å². The molecule has 4 rings (SSSR count). The van der Waals surface area contributed by atoms with E-state index in [1.54, 1.807) is 6.33 Å². The van der Waals surface area contributed by atoms with Gasteiger partial charge in [-0.3, -0.25) is 0 Å². The van der Waals surface area contributed by atoms with Crippen molar-refractivity contribution in [3.63, 3.8) is 0 Å². The van der Waals surface area contributed by atoms with Crippen molar-refractivity contribution in [3.05, 3.63) is 54.5 Å². The maximum Gasteiger partial charge on any atom is 0.146 e. The molecule has 0 fully saturated rings. The Balaban J connectivity index is 2.21. The zero-order valence-corrected chi connectivity index (χ0v) is 15.0. The van der Waals surface area contributed by atoms with E-state index in [9.17, 15) is 0 Å². The van der Waals surface area contributed by atoms with Gasteiger partial charge in [0.05, 0.1) is 5.39 Å². The van der Waals surface area contributed by atoms with Crippen LogP contribution in [0.15, 0.2) is 48.8 Å². The van der Waals surface area contributed by atoms with Crippen molar-refractivity contribution >= 4 is 27.6 Å². The quantitative estimate of drug-likeness (QED) is 0.540. The molecule has 2 aromatic carbocycles. The van der Waals surface area contributed by atoms with Crippen LogP contribution in [0.3, 0.4) is 0 Å². The summed E-state index contributed by atoms with van der Waals surface area (Å²) in [6.07, 6.45) is 1.55. The lowest BCUT2D eigenvalue weighted by molar-refractivity contribution is 0.401. The molecule has 2 heterocycles. The molecule has 0 spiro atoms. The maximum atomic E-state index is 6.30. The number of aromatic nitrogens is 3. The van der Waals surface area contributed by atoms with E-state index in [1.165, 1.54) is 16.3 Å². The molecule has 2 N–H and O–H groups in total. The monoisotopic (exact) mass is 330 g/mol. The number of rotatable bonds is 1. The SMILES string of the molecule is Cc1c(-c2cccc3ccccc23)c2c(N)ncnc2n1C(C)(C)C. The average molecular weight is 330 g/mol. The molecule has 0 bridgehead atoms. The van der Waals surface area contributed by atoms with Crippen LogP contribution >= 0.6 is 0 Å². The highest BCUT2D eigenvalue weighted by atomic mass is 15.1. The van der Waals surface area contributed by atoms with Gasteiger partial charge in [-0.25, -0.2) is 9.97 Å². The highest BCUT2D eigenvalue weighted by Gasteiger charge is 2.26. The van der Waals surface area contributed by atoms with Crippen LogP contribution < -0.4 is 5.73 Å². The van der Waals surface area contributed by atoms with Crippen molar-refractivity contribution in [3.8, 4) is 11.1 Å². The molecule has 0 saturated heterocycles. The van der Waals surface area contributed by atoms with Gasteiger partial charge in [-0.1, -0.05) is 42.5 Å². The minimum atomic E-state index is -0.105. The number of benzene rings is 2. The fourth-order valence-corrected chi connectivity index (χ4v) is 3.84. The normalized spacial score (nSPS) is 12.2. The van der Waals surface area contributed by atoms with Gasteiger partial charge in [0.15, 0.2) is 0 Å². The first-order valence-corrected chi connectivity index (χ1v) is 8.49. The molecular weight excluding hydrogens is 308 g/mol. The van der Waals surface area contributed by atoms with Crippen LogP contribution in [0, 0.1) is 6.92 Å². The summed E-state index contributed by atoms with van der Waals surface area (Å²) in [6.45, 7) is 8.70. The van der Waals surface area contributed by atoms with E-state index in [0.717, 1.165) is 22.3 Å². The Kier molecular flexibility index (Phi) is 3.32. The zero-order chi connectivity index (χ0) is 17.8. The van der Waals surface area contributed by atoms with Crippen molar-refractivity contribution < 1.29 is 0 Å². The maximum absolute atomic E-state index is 6.30. The molecule has 0 aliphatic carbocycles. The standard InChI is InChI=1S/C21H22N4/c1-13-17(16-11-7-9-14-8-5-6-10-15(14)16)18-19(22)23-12-24-20(18)25(13)21(2,3)4/h5-12H,1-4H3,(H2,22,23,24). The Morgan fingerprint density at radius 2 is 1.68 bits per heavy atom. The number of nitrogens with zero attached hydrogens (tertiary/aromatic N) is 3. The van der Waals surface area contributed by atoms with Gasteiger partial charge < -0.3 is 10.3 Å². The lowest BCUT2D eigenvalue weighted by Gasteiger charge is -2.24. The number of anilines is 1. The predicted octanol–water partition coefficient (Wildman–Crippen LogP) is 4.90.